The number of methoxy groups -OCH3 is 1. The Kier molecular flexibility index (Phi) is 3.28. The number of rotatable bonds is 4. The Hall–Kier alpha value is -2.35. The number of esters is 1. The molecule has 8 heteroatoms. The minimum absolute atomic E-state index is 0.0752. The van der Waals surface area contributed by atoms with Gasteiger partial charge in [0.15, 0.2) is 0 Å². The SMILES string of the molecule is COC(=O)c1cn(NCCO)cc2c(=O)[nH]nc1-2. The first-order valence-electron chi connectivity index (χ1n) is 5.20. The third-order valence-corrected chi connectivity index (χ3v) is 2.37. The van der Waals surface area contributed by atoms with E-state index in [9.17, 15) is 9.59 Å². The van der Waals surface area contributed by atoms with Gasteiger partial charge in [0.1, 0.15) is 11.3 Å². The predicted octanol–water partition coefficient (Wildman–Crippen LogP) is -1.00. The Balaban J connectivity index is 2.53. The fourth-order valence-electron chi connectivity index (χ4n) is 1.57. The molecule has 0 atom stereocenters. The van der Waals surface area contributed by atoms with E-state index < -0.39 is 11.5 Å². The van der Waals surface area contributed by atoms with Crippen molar-refractivity contribution in [1.82, 2.24) is 14.9 Å². The van der Waals surface area contributed by atoms with E-state index in [4.69, 9.17) is 5.11 Å². The maximum atomic E-state index is 11.6. The molecule has 0 aromatic heterocycles. The van der Waals surface area contributed by atoms with Gasteiger partial charge in [-0.1, -0.05) is 0 Å². The van der Waals surface area contributed by atoms with Crippen molar-refractivity contribution in [2.75, 3.05) is 25.7 Å². The van der Waals surface area contributed by atoms with Gasteiger partial charge in [0.05, 0.1) is 25.8 Å². The smallest absolute Gasteiger partial charge is 0.341 e. The molecule has 2 aliphatic rings. The molecule has 0 bridgehead atoms. The summed E-state index contributed by atoms with van der Waals surface area (Å²) in [6.45, 7) is 0.205. The Morgan fingerprint density at radius 2 is 2.39 bits per heavy atom. The molecule has 2 heterocycles. The third kappa shape index (κ3) is 2.05. The number of pyridine rings is 1. The highest BCUT2D eigenvalue weighted by molar-refractivity contribution is 5.95. The molecule has 0 fully saturated rings. The number of aliphatic hydroxyl groups is 1. The second-order valence-corrected chi connectivity index (χ2v) is 3.52. The summed E-state index contributed by atoms with van der Waals surface area (Å²) in [6.07, 6.45) is 2.94. The zero-order chi connectivity index (χ0) is 13.1. The highest BCUT2D eigenvalue weighted by atomic mass is 16.5. The Labute approximate surface area is 102 Å². The molecule has 0 radical (unpaired) electrons. The largest absolute Gasteiger partial charge is 0.465 e. The zero-order valence-corrected chi connectivity index (χ0v) is 9.64. The van der Waals surface area contributed by atoms with E-state index in [1.54, 1.807) is 0 Å². The lowest BCUT2D eigenvalue weighted by Gasteiger charge is -2.12. The molecule has 3 N–H and O–H groups in total. The second kappa shape index (κ2) is 4.88. The average molecular weight is 252 g/mol. The molecule has 2 rings (SSSR count). The standard InChI is InChI=1S/C10H12N4O4/c1-18-10(17)7-5-14(11-2-3-15)4-6-8(7)12-13-9(6)16/h4-5,11,15H,2-3H2,1H3,(H,13,16). The lowest BCUT2D eigenvalue weighted by Crippen LogP contribution is -2.21. The molecule has 0 aromatic carbocycles. The summed E-state index contributed by atoms with van der Waals surface area (Å²) in [4.78, 5) is 23.1. The number of nitrogens with one attached hydrogen (secondary N) is 2. The van der Waals surface area contributed by atoms with Gasteiger partial charge in [0.25, 0.3) is 5.56 Å². The highest BCUT2D eigenvalue weighted by Gasteiger charge is 2.21. The fraction of sp³-hybridized carbons (Fsp3) is 0.300. The topological polar surface area (TPSA) is 109 Å². The van der Waals surface area contributed by atoms with Gasteiger partial charge in [-0.25, -0.2) is 9.89 Å². The summed E-state index contributed by atoms with van der Waals surface area (Å²) in [6, 6.07) is 0. The van der Waals surface area contributed by atoms with Crippen LogP contribution in [-0.2, 0) is 4.74 Å². The molecule has 0 aromatic rings. The average Bonchev–Trinajstić information content (AvgIpc) is 2.76. The number of aromatic amines is 1. The van der Waals surface area contributed by atoms with Crippen molar-refractivity contribution in [3.8, 4) is 11.3 Å². The van der Waals surface area contributed by atoms with Crippen LogP contribution in [0.4, 0.5) is 0 Å². The summed E-state index contributed by atoms with van der Waals surface area (Å²) in [7, 11) is 1.25. The molecule has 2 aliphatic heterocycles. The molecule has 0 spiro atoms. The van der Waals surface area contributed by atoms with Crippen LogP contribution < -0.4 is 11.0 Å². The van der Waals surface area contributed by atoms with Crippen LogP contribution >= 0.6 is 0 Å². The maximum absolute atomic E-state index is 11.6. The van der Waals surface area contributed by atoms with Crippen molar-refractivity contribution < 1.29 is 14.6 Å². The van der Waals surface area contributed by atoms with Crippen LogP contribution in [0.5, 0.6) is 0 Å². The van der Waals surface area contributed by atoms with Crippen molar-refractivity contribution in [1.29, 1.82) is 0 Å². The summed E-state index contributed by atoms with van der Waals surface area (Å²) in [5, 5.41) is 14.8. The summed E-state index contributed by atoms with van der Waals surface area (Å²) < 4.78 is 6.05. The number of aliphatic hydroxyl groups excluding tert-OH is 1. The zero-order valence-electron chi connectivity index (χ0n) is 9.64. The number of carbonyl (C=O) groups is 1. The summed E-state index contributed by atoms with van der Waals surface area (Å²) >= 11 is 0. The first-order valence-corrected chi connectivity index (χ1v) is 5.20. The fourth-order valence-corrected chi connectivity index (χ4v) is 1.57. The van der Waals surface area contributed by atoms with Gasteiger partial charge in [0.2, 0.25) is 0 Å². The minimum atomic E-state index is -0.591. The number of nitrogens with zero attached hydrogens (tertiary/aromatic N) is 2. The Bertz CT molecular complexity index is 588. The number of carbonyl (C=O) groups excluding carboxylic acids is 1. The highest BCUT2D eigenvalue weighted by Crippen LogP contribution is 2.19. The summed E-state index contributed by atoms with van der Waals surface area (Å²) in [5.41, 5.74) is 3.10. The lowest BCUT2D eigenvalue weighted by atomic mass is 10.1. The number of hydrogen-bond donors (Lipinski definition) is 3. The van der Waals surface area contributed by atoms with Gasteiger partial charge < -0.3 is 15.3 Å². The van der Waals surface area contributed by atoms with Crippen molar-refractivity contribution in [2.45, 2.75) is 0 Å². The molecule has 0 amide bonds. The molecule has 96 valence electrons. The minimum Gasteiger partial charge on any atom is -0.465 e. The molecule has 0 unspecified atom stereocenters. The van der Waals surface area contributed by atoms with E-state index in [1.165, 1.54) is 24.2 Å². The van der Waals surface area contributed by atoms with Gasteiger partial charge >= 0.3 is 5.97 Å². The molecule has 0 aliphatic carbocycles. The van der Waals surface area contributed by atoms with E-state index in [0.717, 1.165) is 0 Å². The predicted molar refractivity (Wildman–Crippen MR) is 62.1 cm³/mol. The maximum Gasteiger partial charge on any atom is 0.341 e. The van der Waals surface area contributed by atoms with Crippen molar-refractivity contribution in [2.24, 2.45) is 0 Å². The molecule has 0 saturated heterocycles. The van der Waals surface area contributed by atoms with E-state index in [2.05, 4.69) is 20.4 Å². The lowest BCUT2D eigenvalue weighted by molar-refractivity contribution is 0.0600. The van der Waals surface area contributed by atoms with E-state index in [-0.39, 0.29) is 30.0 Å². The van der Waals surface area contributed by atoms with Crippen LogP contribution in [0.2, 0.25) is 0 Å². The van der Waals surface area contributed by atoms with E-state index in [1.807, 2.05) is 0 Å². The summed E-state index contributed by atoms with van der Waals surface area (Å²) in [5.74, 6) is -0.591. The van der Waals surface area contributed by atoms with Gasteiger partial charge in [0, 0.05) is 12.4 Å². The number of H-pyrrole nitrogens is 1. The van der Waals surface area contributed by atoms with Crippen LogP contribution in [0.3, 0.4) is 0 Å². The van der Waals surface area contributed by atoms with E-state index >= 15 is 0 Å². The van der Waals surface area contributed by atoms with Crippen LogP contribution in [0.25, 0.3) is 11.3 Å². The van der Waals surface area contributed by atoms with Gasteiger partial charge in [-0.15, -0.1) is 0 Å². The van der Waals surface area contributed by atoms with Crippen LogP contribution in [0.15, 0.2) is 17.2 Å². The first kappa shape index (κ1) is 12.1. The quantitative estimate of drug-likeness (QED) is 0.602. The van der Waals surface area contributed by atoms with Crippen molar-refractivity contribution in [3.05, 3.63) is 28.3 Å². The second-order valence-electron chi connectivity index (χ2n) is 3.52. The molecule has 18 heavy (non-hydrogen) atoms. The number of ether oxygens (including phenoxy) is 1. The van der Waals surface area contributed by atoms with Crippen molar-refractivity contribution in [3.63, 3.8) is 0 Å². The van der Waals surface area contributed by atoms with Crippen LogP contribution in [0.1, 0.15) is 10.4 Å². The Morgan fingerprint density at radius 1 is 1.61 bits per heavy atom. The van der Waals surface area contributed by atoms with Gasteiger partial charge in [-0.05, 0) is 0 Å². The molecule has 0 saturated carbocycles. The molecule has 8 nitrogen and oxygen atoms in total. The monoisotopic (exact) mass is 252 g/mol. The molecular weight excluding hydrogens is 240 g/mol. The van der Waals surface area contributed by atoms with Gasteiger partial charge in [-0.3, -0.25) is 9.47 Å². The first-order chi connectivity index (χ1) is 8.67. The normalized spacial score (nSPS) is 10.6. The number of hydrogen-bond acceptors (Lipinski definition) is 6. The van der Waals surface area contributed by atoms with E-state index in [0.29, 0.717) is 0 Å². The Morgan fingerprint density at radius 3 is 3.06 bits per heavy atom. The third-order valence-electron chi connectivity index (χ3n) is 2.37. The van der Waals surface area contributed by atoms with Crippen LogP contribution in [0, 0.1) is 0 Å². The van der Waals surface area contributed by atoms with Crippen molar-refractivity contribution >= 4 is 5.97 Å². The van der Waals surface area contributed by atoms with Crippen LogP contribution in [-0.4, -0.2) is 46.2 Å². The molecular formula is C10H12N4O4. The number of aromatic nitrogens is 3. The van der Waals surface area contributed by atoms with Gasteiger partial charge in [-0.2, -0.15) is 5.10 Å². The number of fused-ring (bicyclic) bond motifs is 1.